The Hall–Kier alpha value is -0.900. The molecule has 2 atom stereocenters. The molecule has 19 heavy (non-hydrogen) atoms. The molecule has 1 heterocycles. The normalized spacial score (nSPS) is 28.1. The molecule has 2 aliphatic rings. The average Bonchev–Trinajstić information content (AvgIpc) is 2.87. The molecule has 104 valence electrons. The fraction of sp³-hybridized carbons (Fsp3) is 0.625. The van der Waals surface area contributed by atoms with Crippen molar-refractivity contribution in [2.45, 2.75) is 57.1 Å². The van der Waals surface area contributed by atoms with Crippen molar-refractivity contribution < 1.29 is 4.74 Å². The van der Waals surface area contributed by atoms with Crippen LogP contribution in [0.1, 0.15) is 55.3 Å². The van der Waals surface area contributed by atoms with Gasteiger partial charge in [-0.1, -0.05) is 18.2 Å². The molecule has 3 N–H and O–H groups in total. The smallest absolute Gasteiger partial charge is 0.0861 e. The number of fused-ring (bicyclic) bond motifs is 1. The van der Waals surface area contributed by atoms with Crippen molar-refractivity contribution >= 4 is 0 Å². The summed E-state index contributed by atoms with van der Waals surface area (Å²) in [4.78, 5) is 0. The summed E-state index contributed by atoms with van der Waals surface area (Å²) in [5.41, 5.74) is 7.09. The van der Waals surface area contributed by atoms with E-state index in [2.05, 4.69) is 30.5 Å². The highest BCUT2D eigenvalue weighted by atomic mass is 16.5. The molecule has 1 aliphatic carbocycles. The monoisotopic (exact) mass is 260 g/mol. The third-order valence-corrected chi connectivity index (χ3v) is 4.73. The summed E-state index contributed by atoms with van der Waals surface area (Å²) < 4.78 is 6.05. The minimum atomic E-state index is -0.181. The molecule has 1 aromatic rings. The van der Waals surface area contributed by atoms with Crippen LogP contribution in [0.15, 0.2) is 18.2 Å². The van der Waals surface area contributed by atoms with Crippen LogP contribution in [0.2, 0.25) is 0 Å². The second-order valence-corrected chi connectivity index (χ2v) is 6.10. The Bertz CT molecular complexity index is 452. The molecule has 0 aromatic heterocycles. The number of rotatable bonds is 3. The summed E-state index contributed by atoms with van der Waals surface area (Å²) >= 11 is 0. The molecule has 3 rings (SSSR count). The predicted molar refractivity (Wildman–Crippen MR) is 76.7 cm³/mol. The number of hydrogen-bond donors (Lipinski definition) is 2. The van der Waals surface area contributed by atoms with Crippen molar-refractivity contribution in [2.24, 2.45) is 5.84 Å². The second-order valence-electron chi connectivity index (χ2n) is 6.10. The lowest BCUT2D eigenvalue weighted by Crippen LogP contribution is -2.48. The zero-order chi connectivity index (χ0) is 13.3. The van der Waals surface area contributed by atoms with Crippen LogP contribution < -0.4 is 11.3 Å². The van der Waals surface area contributed by atoms with E-state index in [9.17, 15) is 0 Å². The van der Waals surface area contributed by atoms with Crippen LogP contribution in [0.3, 0.4) is 0 Å². The number of hydrazine groups is 1. The molecule has 0 saturated carbocycles. The molecule has 3 heteroatoms. The van der Waals surface area contributed by atoms with Crippen LogP contribution in [0.25, 0.3) is 0 Å². The van der Waals surface area contributed by atoms with Crippen molar-refractivity contribution in [3.8, 4) is 0 Å². The molecule has 0 radical (unpaired) electrons. The molecule has 0 amide bonds. The Labute approximate surface area is 115 Å². The Balaban J connectivity index is 1.89. The maximum absolute atomic E-state index is 6.05. The molecule has 2 unspecified atom stereocenters. The summed E-state index contributed by atoms with van der Waals surface area (Å²) in [6.07, 6.45) is 7.17. The maximum atomic E-state index is 6.05. The van der Waals surface area contributed by atoms with Crippen molar-refractivity contribution in [1.29, 1.82) is 0 Å². The van der Waals surface area contributed by atoms with Gasteiger partial charge >= 0.3 is 0 Å². The van der Waals surface area contributed by atoms with Crippen LogP contribution >= 0.6 is 0 Å². The van der Waals surface area contributed by atoms with Gasteiger partial charge in [-0.15, -0.1) is 0 Å². The number of hydrogen-bond acceptors (Lipinski definition) is 3. The van der Waals surface area contributed by atoms with E-state index in [0.29, 0.717) is 0 Å². The summed E-state index contributed by atoms with van der Waals surface area (Å²) in [6, 6.07) is 6.90. The van der Waals surface area contributed by atoms with Gasteiger partial charge in [0.25, 0.3) is 0 Å². The first kappa shape index (κ1) is 13.1. The molecule has 0 bridgehead atoms. The number of nitrogens with one attached hydrogen (secondary N) is 1. The number of nitrogens with two attached hydrogens (primary N) is 1. The van der Waals surface area contributed by atoms with Crippen LogP contribution in [-0.4, -0.2) is 12.2 Å². The number of benzene rings is 1. The maximum Gasteiger partial charge on any atom is 0.0861 e. The standard InChI is InChI=1S/C16H24N2O/c1-16(9-2-3-10-19-16)15(18-17)14-8-7-12-5-4-6-13(12)11-14/h7-8,11,15,18H,2-6,9-10,17H2,1H3. The third-order valence-electron chi connectivity index (χ3n) is 4.73. The van der Waals surface area contributed by atoms with E-state index in [1.54, 1.807) is 0 Å². The Kier molecular flexibility index (Phi) is 3.61. The summed E-state index contributed by atoms with van der Waals surface area (Å²) in [6.45, 7) is 3.03. The van der Waals surface area contributed by atoms with E-state index in [-0.39, 0.29) is 11.6 Å². The Morgan fingerprint density at radius 3 is 2.79 bits per heavy atom. The summed E-state index contributed by atoms with van der Waals surface area (Å²) in [5.74, 6) is 5.84. The van der Waals surface area contributed by atoms with Gasteiger partial charge in [-0.25, -0.2) is 0 Å². The quantitative estimate of drug-likeness (QED) is 0.649. The SMILES string of the molecule is CC1(C(NN)c2ccc3c(c2)CCC3)CCCCO1. The zero-order valence-corrected chi connectivity index (χ0v) is 11.7. The van der Waals surface area contributed by atoms with E-state index >= 15 is 0 Å². The van der Waals surface area contributed by atoms with Crippen LogP contribution in [0.5, 0.6) is 0 Å². The van der Waals surface area contributed by atoms with E-state index in [1.165, 1.54) is 42.4 Å². The van der Waals surface area contributed by atoms with E-state index in [1.807, 2.05) is 0 Å². The molecule has 1 aliphatic heterocycles. The summed E-state index contributed by atoms with van der Waals surface area (Å²) in [7, 11) is 0. The van der Waals surface area contributed by atoms with Gasteiger partial charge in [-0.3, -0.25) is 11.3 Å². The zero-order valence-electron chi connectivity index (χ0n) is 11.7. The van der Waals surface area contributed by atoms with Gasteiger partial charge < -0.3 is 4.74 Å². The Morgan fingerprint density at radius 1 is 1.21 bits per heavy atom. The fourth-order valence-corrected chi connectivity index (χ4v) is 3.58. The second kappa shape index (κ2) is 5.23. The molecular formula is C16H24N2O. The number of ether oxygens (including phenoxy) is 1. The first-order valence-electron chi connectivity index (χ1n) is 7.45. The largest absolute Gasteiger partial charge is 0.373 e. The van der Waals surface area contributed by atoms with Gasteiger partial charge in [0.1, 0.15) is 0 Å². The minimum Gasteiger partial charge on any atom is -0.373 e. The van der Waals surface area contributed by atoms with Crippen molar-refractivity contribution in [2.75, 3.05) is 6.61 Å². The highest BCUT2D eigenvalue weighted by molar-refractivity contribution is 5.37. The van der Waals surface area contributed by atoms with Gasteiger partial charge in [0, 0.05) is 6.61 Å². The molecule has 3 nitrogen and oxygen atoms in total. The van der Waals surface area contributed by atoms with Crippen molar-refractivity contribution in [3.63, 3.8) is 0 Å². The highest BCUT2D eigenvalue weighted by Gasteiger charge is 2.37. The molecule has 1 fully saturated rings. The minimum absolute atomic E-state index is 0.0821. The first-order valence-corrected chi connectivity index (χ1v) is 7.45. The molecular weight excluding hydrogens is 236 g/mol. The third kappa shape index (κ3) is 2.42. The van der Waals surface area contributed by atoms with E-state index < -0.39 is 0 Å². The van der Waals surface area contributed by atoms with Crippen LogP contribution in [0.4, 0.5) is 0 Å². The molecule has 1 aromatic carbocycles. The average molecular weight is 260 g/mol. The highest BCUT2D eigenvalue weighted by Crippen LogP contribution is 2.37. The van der Waals surface area contributed by atoms with Gasteiger partial charge in [0.05, 0.1) is 11.6 Å². The lowest BCUT2D eigenvalue weighted by atomic mass is 9.84. The lowest BCUT2D eigenvalue weighted by Gasteiger charge is -2.40. The topological polar surface area (TPSA) is 47.3 Å². The molecule has 0 spiro atoms. The van der Waals surface area contributed by atoms with Gasteiger partial charge in [0.15, 0.2) is 0 Å². The fourth-order valence-electron chi connectivity index (χ4n) is 3.58. The lowest BCUT2D eigenvalue weighted by molar-refractivity contribution is -0.0899. The van der Waals surface area contributed by atoms with Crippen molar-refractivity contribution in [3.05, 3.63) is 34.9 Å². The Morgan fingerprint density at radius 2 is 2.05 bits per heavy atom. The molecule has 1 saturated heterocycles. The van der Waals surface area contributed by atoms with Crippen molar-refractivity contribution in [1.82, 2.24) is 5.43 Å². The number of aryl methyl sites for hydroxylation is 2. The van der Waals surface area contributed by atoms with Gasteiger partial charge in [-0.2, -0.15) is 0 Å². The predicted octanol–water partition coefficient (Wildman–Crippen LogP) is 2.64. The van der Waals surface area contributed by atoms with Gasteiger partial charge in [-0.05, 0) is 62.1 Å². The van der Waals surface area contributed by atoms with Gasteiger partial charge in [0.2, 0.25) is 0 Å². The van der Waals surface area contributed by atoms with Crippen LogP contribution in [-0.2, 0) is 17.6 Å². The van der Waals surface area contributed by atoms with Crippen LogP contribution in [0, 0.1) is 0 Å². The first-order chi connectivity index (χ1) is 9.23. The van der Waals surface area contributed by atoms with E-state index in [0.717, 1.165) is 19.4 Å². The van der Waals surface area contributed by atoms with E-state index in [4.69, 9.17) is 10.6 Å². The summed E-state index contributed by atoms with van der Waals surface area (Å²) in [5, 5.41) is 0.